The van der Waals surface area contributed by atoms with Gasteiger partial charge in [-0.25, -0.2) is 18.7 Å². The van der Waals surface area contributed by atoms with Crippen LogP contribution in [0.25, 0.3) is 5.65 Å². The van der Waals surface area contributed by atoms with Crippen LogP contribution in [0, 0.1) is 5.92 Å². The SMILES string of the molecule is CCc1cc(N2CCCC(F)(F)C2)nc2c(C(=O)NC(C3CC3)C(F)(F)F)ncn12. The number of piperidine rings is 1. The Labute approximate surface area is 169 Å². The molecule has 0 aromatic carbocycles. The first kappa shape index (κ1) is 20.8. The van der Waals surface area contributed by atoms with E-state index in [0.717, 1.165) is 0 Å². The van der Waals surface area contributed by atoms with Crippen molar-refractivity contribution in [2.24, 2.45) is 5.92 Å². The molecule has 11 heteroatoms. The maximum Gasteiger partial charge on any atom is 0.408 e. The van der Waals surface area contributed by atoms with Crippen LogP contribution in [0.4, 0.5) is 27.8 Å². The Morgan fingerprint density at radius 3 is 2.70 bits per heavy atom. The van der Waals surface area contributed by atoms with Crippen LogP contribution >= 0.6 is 0 Å². The smallest absolute Gasteiger partial charge is 0.350 e. The minimum Gasteiger partial charge on any atom is -0.350 e. The van der Waals surface area contributed by atoms with Crippen molar-refractivity contribution in [3.63, 3.8) is 0 Å². The number of imidazole rings is 1. The molecule has 1 amide bonds. The molecular weight excluding hydrogens is 409 g/mol. The van der Waals surface area contributed by atoms with Crippen LogP contribution in [0.2, 0.25) is 0 Å². The van der Waals surface area contributed by atoms with Gasteiger partial charge in [0.2, 0.25) is 0 Å². The van der Waals surface area contributed by atoms with Crippen molar-refractivity contribution in [3.8, 4) is 0 Å². The van der Waals surface area contributed by atoms with Crippen molar-refractivity contribution in [1.82, 2.24) is 19.7 Å². The number of carbonyl (C=O) groups is 1. The first-order chi connectivity index (χ1) is 14.1. The summed E-state index contributed by atoms with van der Waals surface area (Å²) in [6, 6.07) is -0.281. The topological polar surface area (TPSA) is 62.5 Å². The molecule has 2 fully saturated rings. The minimum absolute atomic E-state index is 0.0625. The molecule has 2 aromatic rings. The van der Waals surface area contributed by atoms with Gasteiger partial charge in [-0.2, -0.15) is 13.2 Å². The fourth-order valence-electron chi connectivity index (χ4n) is 3.88. The van der Waals surface area contributed by atoms with E-state index in [1.807, 2.05) is 12.2 Å². The Morgan fingerprint density at radius 1 is 1.37 bits per heavy atom. The molecule has 1 saturated carbocycles. The van der Waals surface area contributed by atoms with Crippen molar-refractivity contribution < 1.29 is 26.7 Å². The Bertz CT molecular complexity index is 953. The Balaban J connectivity index is 1.68. The molecule has 1 unspecified atom stereocenters. The molecule has 1 atom stereocenters. The first-order valence-electron chi connectivity index (χ1n) is 9.96. The number of amides is 1. The summed E-state index contributed by atoms with van der Waals surface area (Å²) in [7, 11) is 0. The zero-order valence-corrected chi connectivity index (χ0v) is 16.3. The highest BCUT2D eigenvalue weighted by Crippen LogP contribution is 2.40. The van der Waals surface area contributed by atoms with E-state index in [1.165, 1.54) is 15.6 Å². The van der Waals surface area contributed by atoms with Gasteiger partial charge in [-0.15, -0.1) is 0 Å². The quantitative estimate of drug-likeness (QED) is 0.735. The lowest BCUT2D eigenvalue weighted by Gasteiger charge is -2.33. The highest BCUT2D eigenvalue weighted by Gasteiger charge is 2.50. The summed E-state index contributed by atoms with van der Waals surface area (Å²) in [6.45, 7) is 1.73. The van der Waals surface area contributed by atoms with E-state index < -0.39 is 36.5 Å². The van der Waals surface area contributed by atoms with E-state index in [4.69, 9.17) is 0 Å². The van der Waals surface area contributed by atoms with Crippen molar-refractivity contribution >= 4 is 17.4 Å². The van der Waals surface area contributed by atoms with Gasteiger partial charge in [0.1, 0.15) is 18.2 Å². The summed E-state index contributed by atoms with van der Waals surface area (Å²) in [5.41, 5.74) is 0.489. The van der Waals surface area contributed by atoms with Gasteiger partial charge in [0, 0.05) is 24.7 Å². The zero-order valence-electron chi connectivity index (χ0n) is 16.3. The fraction of sp³-hybridized carbons (Fsp3) is 0.632. The molecular formula is C19H22F5N5O. The molecule has 3 heterocycles. The summed E-state index contributed by atoms with van der Waals surface area (Å²) in [5.74, 6) is -4.18. The van der Waals surface area contributed by atoms with Crippen LogP contribution in [0.1, 0.15) is 48.8 Å². The number of rotatable bonds is 5. The number of fused-ring (bicyclic) bond motifs is 1. The highest BCUT2D eigenvalue weighted by atomic mass is 19.4. The fourth-order valence-corrected chi connectivity index (χ4v) is 3.88. The number of carbonyl (C=O) groups excluding carboxylic acids is 1. The zero-order chi connectivity index (χ0) is 21.7. The first-order valence-corrected chi connectivity index (χ1v) is 9.96. The van der Waals surface area contributed by atoms with Crippen molar-refractivity contribution in [2.75, 3.05) is 18.0 Å². The third-order valence-corrected chi connectivity index (χ3v) is 5.59. The molecule has 6 nitrogen and oxygen atoms in total. The van der Waals surface area contributed by atoms with Gasteiger partial charge < -0.3 is 10.2 Å². The van der Waals surface area contributed by atoms with Crippen LogP contribution < -0.4 is 10.2 Å². The van der Waals surface area contributed by atoms with E-state index in [-0.39, 0.29) is 23.6 Å². The van der Waals surface area contributed by atoms with Crippen LogP contribution in [0.5, 0.6) is 0 Å². The lowest BCUT2D eigenvalue weighted by Crippen LogP contribution is -2.47. The third kappa shape index (κ3) is 4.06. The molecule has 4 rings (SSSR count). The lowest BCUT2D eigenvalue weighted by molar-refractivity contribution is -0.158. The summed E-state index contributed by atoms with van der Waals surface area (Å²) < 4.78 is 69.1. The number of aryl methyl sites for hydroxylation is 1. The van der Waals surface area contributed by atoms with Gasteiger partial charge in [0.25, 0.3) is 11.8 Å². The van der Waals surface area contributed by atoms with Gasteiger partial charge in [-0.3, -0.25) is 9.20 Å². The molecule has 2 aliphatic rings. The molecule has 30 heavy (non-hydrogen) atoms. The number of alkyl halides is 5. The van der Waals surface area contributed by atoms with Crippen molar-refractivity contribution in [3.05, 3.63) is 23.8 Å². The van der Waals surface area contributed by atoms with E-state index in [1.54, 1.807) is 6.07 Å². The molecule has 1 aliphatic heterocycles. The van der Waals surface area contributed by atoms with E-state index in [9.17, 15) is 26.7 Å². The number of halogens is 5. The molecule has 0 spiro atoms. The number of hydrogen-bond acceptors (Lipinski definition) is 4. The second-order valence-electron chi connectivity index (χ2n) is 7.96. The molecule has 0 radical (unpaired) electrons. The Morgan fingerprint density at radius 2 is 2.10 bits per heavy atom. The van der Waals surface area contributed by atoms with Gasteiger partial charge >= 0.3 is 6.18 Å². The van der Waals surface area contributed by atoms with Crippen LogP contribution in [0.3, 0.4) is 0 Å². The normalized spacial score (nSPS) is 20.4. The van der Waals surface area contributed by atoms with E-state index >= 15 is 0 Å². The average molecular weight is 431 g/mol. The van der Waals surface area contributed by atoms with E-state index in [2.05, 4.69) is 9.97 Å². The number of aromatic nitrogens is 3. The summed E-state index contributed by atoms with van der Waals surface area (Å²) >= 11 is 0. The van der Waals surface area contributed by atoms with E-state index in [0.29, 0.717) is 37.9 Å². The summed E-state index contributed by atoms with van der Waals surface area (Å²) in [5, 5.41) is 2.05. The number of nitrogens with zero attached hydrogens (tertiary/aromatic N) is 4. The summed E-state index contributed by atoms with van der Waals surface area (Å²) in [6.07, 6.45) is -1.83. The number of nitrogens with one attached hydrogen (secondary N) is 1. The van der Waals surface area contributed by atoms with Gasteiger partial charge in [-0.05, 0) is 31.6 Å². The minimum atomic E-state index is -4.56. The molecule has 164 valence electrons. The maximum absolute atomic E-state index is 13.9. The lowest BCUT2D eigenvalue weighted by atomic mass is 10.1. The highest BCUT2D eigenvalue weighted by molar-refractivity contribution is 5.98. The number of anilines is 1. The van der Waals surface area contributed by atoms with Crippen LogP contribution in [0.15, 0.2) is 12.4 Å². The van der Waals surface area contributed by atoms with Crippen LogP contribution in [-0.4, -0.2) is 51.5 Å². The number of hydrogen-bond donors (Lipinski definition) is 1. The Kier molecular flexibility index (Phi) is 5.09. The van der Waals surface area contributed by atoms with Gasteiger partial charge in [-0.1, -0.05) is 6.92 Å². The maximum atomic E-state index is 13.9. The molecule has 1 saturated heterocycles. The molecule has 1 N–H and O–H groups in total. The largest absolute Gasteiger partial charge is 0.408 e. The van der Waals surface area contributed by atoms with Gasteiger partial charge in [0.05, 0.1) is 6.54 Å². The predicted octanol–water partition coefficient (Wildman–Crippen LogP) is 3.60. The summed E-state index contributed by atoms with van der Waals surface area (Å²) in [4.78, 5) is 22.4. The Hall–Kier alpha value is -2.46. The molecule has 0 bridgehead atoms. The standard InChI is InChI=1S/C19H22F5N5O/c1-2-12-8-13(28-7-3-6-18(20,21)9-28)26-16-14(25-10-29(12)16)17(30)27-15(11-4-5-11)19(22,23)24/h8,10-11,15H,2-7,9H2,1H3,(H,27,30). The molecule has 2 aromatic heterocycles. The third-order valence-electron chi connectivity index (χ3n) is 5.59. The van der Waals surface area contributed by atoms with Crippen LogP contribution in [-0.2, 0) is 6.42 Å². The van der Waals surface area contributed by atoms with Crippen molar-refractivity contribution in [1.29, 1.82) is 0 Å². The second-order valence-corrected chi connectivity index (χ2v) is 7.96. The predicted molar refractivity (Wildman–Crippen MR) is 98.8 cm³/mol. The molecule has 1 aliphatic carbocycles. The monoisotopic (exact) mass is 431 g/mol. The van der Waals surface area contributed by atoms with Gasteiger partial charge in [0.15, 0.2) is 11.3 Å². The average Bonchev–Trinajstić information content (AvgIpc) is 3.41. The van der Waals surface area contributed by atoms with Crippen molar-refractivity contribution in [2.45, 2.75) is 57.2 Å². The second kappa shape index (κ2) is 7.35.